The van der Waals surface area contributed by atoms with Crippen LogP contribution in [0.1, 0.15) is 21.9 Å². The van der Waals surface area contributed by atoms with E-state index in [0.29, 0.717) is 17.1 Å². The monoisotopic (exact) mass is 218 g/mol. The summed E-state index contributed by atoms with van der Waals surface area (Å²) < 4.78 is 10.0. The summed E-state index contributed by atoms with van der Waals surface area (Å²) in [6, 6.07) is 5.06. The highest BCUT2D eigenvalue weighted by molar-refractivity contribution is 5.95. The molecule has 0 saturated heterocycles. The Morgan fingerprint density at radius 2 is 2.25 bits per heavy atom. The van der Waals surface area contributed by atoms with Gasteiger partial charge in [0, 0.05) is 0 Å². The Morgan fingerprint density at radius 3 is 2.88 bits per heavy atom. The van der Waals surface area contributed by atoms with Crippen LogP contribution in [0.25, 0.3) is 0 Å². The van der Waals surface area contributed by atoms with Gasteiger partial charge in [0.25, 0.3) is 5.91 Å². The van der Waals surface area contributed by atoms with Crippen LogP contribution in [0.5, 0.6) is 0 Å². The van der Waals surface area contributed by atoms with Gasteiger partial charge in [-0.05, 0) is 25.1 Å². The number of hydrogen-bond donors (Lipinski definition) is 1. The van der Waals surface area contributed by atoms with Crippen LogP contribution in [0, 0.1) is 6.92 Å². The van der Waals surface area contributed by atoms with Crippen LogP contribution < -0.4 is 5.43 Å². The molecule has 82 valence electrons. The van der Waals surface area contributed by atoms with E-state index >= 15 is 0 Å². The Labute approximate surface area is 91.7 Å². The number of rotatable bonds is 3. The molecule has 0 aliphatic heterocycles. The minimum Gasteiger partial charge on any atom is -0.469 e. The number of amides is 1. The van der Waals surface area contributed by atoms with Gasteiger partial charge in [0.05, 0.1) is 24.3 Å². The standard InChI is InChI=1S/C11H10N2O3/c1-8-10(4-6-15-8)11(14)13-12-7-9-3-2-5-16-9/h2-7H,1H3,(H,13,14)/b12-7+. The molecule has 0 aromatic carbocycles. The fourth-order valence-corrected chi connectivity index (χ4v) is 1.20. The van der Waals surface area contributed by atoms with E-state index < -0.39 is 0 Å². The Bertz CT molecular complexity index is 497. The van der Waals surface area contributed by atoms with Crippen molar-refractivity contribution in [3.05, 3.63) is 47.8 Å². The van der Waals surface area contributed by atoms with Crippen LogP contribution in [0.2, 0.25) is 0 Å². The summed E-state index contributed by atoms with van der Waals surface area (Å²) in [6.45, 7) is 1.71. The van der Waals surface area contributed by atoms with E-state index in [1.54, 1.807) is 25.1 Å². The van der Waals surface area contributed by atoms with Gasteiger partial charge in [0.2, 0.25) is 0 Å². The van der Waals surface area contributed by atoms with Crippen molar-refractivity contribution in [3.63, 3.8) is 0 Å². The number of hydrogen-bond acceptors (Lipinski definition) is 4. The molecule has 2 rings (SSSR count). The van der Waals surface area contributed by atoms with Crippen molar-refractivity contribution in [2.45, 2.75) is 6.92 Å². The van der Waals surface area contributed by atoms with Crippen molar-refractivity contribution < 1.29 is 13.6 Å². The fraction of sp³-hybridized carbons (Fsp3) is 0.0909. The van der Waals surface area contributed by atoms with Gasteiger partial charge in [-0.25, -0.2) is 5.43 Å². The summed E-state index contributed by atoms with van der Waals surface area (Å²) >= 11 is 0. The summed E-state index contributed by atoms with van der Waals surface area (Å²) in [6.07, 6.45) is 4.41. The first-order valence-corrected chi connectivity index (χ1v) is 4.68. The molecule has 0 aliphatic carbocycles. The Balaban J connectivity index is 1.97. The van der Waals surface area contributed by atoms with Gasteiger partial charge in [-0.3, -0.25) is 4.79 Å². The van der Waals surface area contributed by atoms with E-state index in [2.05, 4.69) is 10.5 Å². The largest absolute Gasteiger partial charge is 0.469 e. The third-order valence-corrected chi connectivity index (χ3v) is 2.00. The summed E-state index contributed by atoms with van der Waals surface area (Å²) in [5.41, 5.74) is 2.84. The highest BCUT2D eigenvalue weighted by Crippen LogP contribution is 2.07. The van der Waals surface area contributed by atoms with E-state index in [-0.39, 0.29) is 5.91 Å². The molecular weight excluding hydrogens is 208 g/mol. The Morgan fingerprint density at radius 1 is 1.38 bits per heavy atom. The predicted octanol–water partition coefficient (Wildman–Crippen LogP) is 1.94. The molecule has 0 aliphatic rings. The van der Waals surface area contributed by atoms with Gasteiger partial charge in [0.15, 0.2) is 0 Å². The maximum absolute atomic E-state index is 11.5. The molecule has 2 aromatic rings. The number of furan rings is 2. The Kier molecular flexibility index (Phi) is 2.86. The number of carbonyl (C=O) groups is 1. The summed E-state index contributed by atoms with van der Waals surface area (Å²) in [5, 5.41) is 3.75. The van der Waals surface area contributed by atoms with E-state index in [1.807, 2.05) is 0 Å². The van der Waals surface area contributed by atoms with Crippen LogP contribution in [-0.2, 0) is 0 Å². The molecule has 1 N–H and O–H groups in total. The van der Waals surface area contributed by atoms with E-state index in [1.165, 1.54) is 18.7 Å². The minimum atomic E-state index is -0.311. The maximum Gasteiger partial charge on any atom is 0.274 e. The predicted molar refractivity (Wildman–Crippen MR) is 57.2 cm³/mol. The first-order chi connectivity index (χ1) is 7.77. The lowest BCUT2D eigenvalue weighted by molar-refractivity contribution is 0.0953. The van der Waals surface area contributed by atoms with Crippen molar-refractivity contribution in [2.24, 2.45) is 5.10 Å². The molecule has 2 heterocycles. The van der Waals surface area contributed by atoms with Gasteiger partial charge in [-0.2, -0.15) is 5.10 Å². The van der Waals surface area contributed by atoms with Crippen molar-refractivity contribution in [1.29, 1.82) is 0 Å². The number of nitrogens with one attached hydrogen (secondary N) is 1. The second kappa shape index (κ2) is 4.48. The van der Waals surface area contributed by atoms with Crippen LogP contribution in [0.3, 0.4) is 0 Å². The third-order valence-electron chi connectivity index (χ3n) is 2.00. The van der Waals surface area contributed by atoms with Crippen molar-refractivity contribution in [3.8, 4) is 0 Å². The van der Waals surface area contributed by atoms with Crippen LogP contribution >= 0.6 is 0 Å². The molecule has 0 fully saturated rings. The third kappa shape index (κ3) is 2.20. The fourth-order valence-electron chi connectivity index (χ4n) is 1.20. The lowest BCUT2D eigenvalue weighted by atomic mass is 10.2. The number of aryl methyl sites for hydroxylation is 1. The van der Waals surface area contributed by atoms with Crippen molar-refractivity contribution in [2.75, 3.05) is 0 Å². The first kappa shape index (κ1) is 10.2. The zero-order valence-corrected chi connectivity index (χ0v) is 8.64. The van der Waals surface area contributed by atoms with Gasteiger partial charge in [-0.15, -0.1) is 0 Å². The molecule has 0 saturated carbocycles. The molecule has 5 heteroatoms. The number of hydrazone groups is 1. The van der Waals surface area contributed by atoms with Crippen LogP contribution in [-0.4, -0.2) is 12.1 Å². The van der Waals surface area contributed by atoms with Crippen LogP contribution in [0.15, 0.2) is 44.7 Å². The lowest BCUT2D eigenvalue weighted by Gasteiger charge is -1.96. The van der Waals surface area contributed by atoms with Crippen molar-refractivity contribution >= 4 is 12.1 Å². The highest BCUT2D eigenvalue weighted by Gasteiger charge is 2.09. The average Bonchev–Trinajstić information content (AvgIpc) is 2.88. The quantitative estimate of drug-likeness (QED) is 0.632. The molecule has 0 spiro atoms. The summed E-state index contributed by atoms with van der Waals surface area (Å²) in [5.74, 6) is 0.823. The molecular formula is C11H10N2O3. The minimum absolute atomic E-state index is 0.311. The zero-order valence-electron chi connectivity index (χ0n) is 8.64. The number of carbonyl (C=O) groups excluding carboxylic acids is 1. The summed E-state index contributed by atoms with van der Waals surface area (Å²) in [4.78, 5) is 11.5. The second-order valence-electron chi connectivity index (χ2n) is 3.11. The molecule has 5 nitrogen and oxygen atoms in total. The molecule has 0 atom stereocenters. The smallest absolute Gasteiger partial charge is 0.274 e. The van der Waals surface area contributed by atoms with E-state index in [9.17, 15) is 4.79 Å². The van der Waals surface area contributed by atoms with Gasteiger partial charge in [0.1, 0.15) is 11.5 Å². The first-order valence-electron chi connectivity index (χ1n) is 4.68. The SMILES string of the molecule is Cc1occc1C(=O)N/N=C/c1ccco1. The molecule has 0 bridgehead atoms. The van der Waals surface area contributed by atoms with Crippen LogP contribution in [0.4, 0.5) is 0 Å². The Hall–Kier alpha value is -2.30. The van der Waals surface area contributed by atoms with E-state index in [4.69, 9.17) is 8.83 Å². The number of nitrogens with zero attached hydrogens (tertiary/aromatic N) is 1. The van der Waals surface area contributed by atoms with Gasteiger partial charge < -0.3 is 8.83 Å². The lowest BCUT2D eigenvalue weighted by Crippen LogP contribution is -2.17. The van der Waals surface area contributed by atoms with Gasteiger partial charge in [-0.1, -0.05) is 0 Å². The second-order valence-corrected chi connectivity index (χ2v) is 3.11. The maximum atomic E-state index is 11.5. The van der Waals surface area contributed by atoms with Gasteiger partial charge >= 0.3 is 0 Å². The van der Waals surface area contributed by atoms with Crippen molar-refractivity contribution in [1.82, 2.24) is 5.43 Å². The molecule has 1 amide bonds. The molecule has 0 radical (unpaired) electrons. The summed E-state index contributed by atoms with van der Waals surface area (Å²) in [7, 11) is 0. The average molecular weight is 218 g/mol. The normalized spacial score (nSPS) is 10.8. The molecule has 16 heavy (non-hydrogen) atoms. The topological polar surface area (TPSA) is 67.7 Å². The molecule has 2 aromatic heterocycles. The molecule has 0 unspecified atom stereocenters. The highest BCUT2D eigenvalue weighted by atomic mass is 16.3. The van der Waals surface area contributed by atoms with E-state index in [0.717, 1.165) is 0 Å². The zero-order chi connectivity index (χ0) is 11.4.